The lowest BCUT2D eigenvalue weighted by Gasteiger charge is -2.37. The number of hydrogen-bond donors (Lipinski definition) is 1. The molecule has 5 heteroatoms. The molecule has 2 fully saturated rings. The number of hydrogen-bond acceptors (Lipinski definition) is 4. The third-order valence-corrected chi connectivity index (χ3v) is 6.76. The molecule has 2 unspecified atom stereocenters. The lowest BCUT2D eigenvalue weighted by atomic mass is 9.93. The van der Waals surface area contributed by atoms with Crippen LogP contribution in [0.4, 0.5) is 5.69 Å². The molecule has 19 heavy (non-hydrogen) atoms. The molecule has 1 spiro atoms. The van der Waals surface area contributed by atoms with Gasteiger partial charge in [0.15, 0.2) is 0 Å². The monoisotopic (exact) mass is 315 g/mol. The zero-order chi connectivity index (χ0) is 13.3. The van der Waals surface area contributed by atoms with Crippen LogP contribution < -0.4 is 5.73 Å². The van der Waals surface area contributed by atoms with E-state index in [-0.39, 0.29) is 5.60 Å². The van der Waals surface area contributed by atoms with Crippen molar-refractivity contribution in [3.05, 3.63) is 23.2 Å². The number of anilines is 1. The number of thioether (sulfide) groups is 2. The summed E-state index contributed by atoms with van der Waals surface area (Å²) in [4.78, 5) is 1.11. The van der Waals surface area contributed by atoms with Gasteiger partial charge in [0.1, 0.15) is 0 Å². The largest absolute Gasteiger partial charge is 0.399 e. The van der Waals surface area contributed by atoms with Crippen LogP contribution in [0.3, 0.4) is 0 Å². The standard InChI is InChI=1S/C14H18ClNOS2/c15-12-2-1-10(16)7-13(12)19-11-3-5-17-14(8-11)4-6-18-9-14/h1-2,7,11H,3-6,8-9,16H2. The number of nitrogens with two attached hydrogens (primary N) is 1. The predicted octanol–water partition coefficient (Wildman–Crippen LogP) is 4.07. The number of ether oxygens (including phenoxy) is 1. The summed E-state index contributed by atoms with van der Waals surface area (Å²) >= 11 is 10.1. The molecule has 1 aromatic rings. The van der Waals surface area contributed by atoms with Crippen LogP contribution in [-0.2, 0) is 4.74 Å². The van der Waals surface area contributed by atoms with Gasteiger partial charge in [-0.2, -0.15) is 11.8 Å². The molecule has 2 saturated heterocycles. The van der Waals surface area contributed by atoms with Crippen LogP contribution in [0.15, 0.2) is 23.1 Å². The summed E-state index contributed by atoms with van der Waals surface area (Å²) in [6.45, 7) is 0.873. The van der Waals surface area contributed by atoms with Gasteiger partial charge < -0.3 is 10.5 Å². The van der Waals surface area contributed by atoms with Gasteiger partial charge in [-0.1, -0.05) is 11.6 Å². The number of halogens is 1. The predicted molar refractivity (Wildman–Crippen MR) is 85.4 cm³/mol. The van der Waals surface area contributed by atoms with Gasteiger partial charge in [-0.3, -0.25) is 0 Å². The first-order valence-electron chi connectivity index (χ1n) is 6.60. The van der Waals surface area contributed by atoms with Crippen molar-refractivity contribution in [1.82, 2.24) is 0 Å². The van der Waals surface area contributed by atoms with Gasteiger partial charge in [0.05, 0.1) is 10.6 Å². The fourth-order valence-corrected chi connectivity index (χ4v) is 5.71. The second-order valence-electron chi connectivity index (χ2n) is 5.26. The molecule has 2 aliphatic rings. The van der Waals surface area contributed by atoms with Crippen molar-refractivity contribution in [3.8, 4) is 0 Å². The van der Waals surface area contributed by atoms with Crippen molar-refractivity contribution in [3.63, 3.8) is 0 Å². The highest BCUT2D eigenvalue weighted by molar-refractivity contribution is 8.00. The molecule has 3 rings (SSSR count). The summed E-state index contributed by atoms with van der Waals surface area (Å²) in [7, 11) is 0. The van der Waals surface area contributed by atoms with Crippen molar-refractivity contribution < 1.29 is 4.74 Å². The topological polar surface area (TPSA) is 35.2 Å². The third-order valence-electron chi connectivity index (χ3n) is 3.76. The Balaban J connectivity index is 1.70. The molecule has 2 atom stereocenters. The summed E-state index contributed by atoms with van der Waals surface area (Å²) in [6, 6.07) is 5.73. The molecule has 0 amide bonds. The summed E-state index contributed by atoms with van der Waals surface area (Å²) in [5, 5.41) is 1.40. The van der Waals surface area contributed by atoms with E-state index in [9.17, 15) is 0 Å². The number of rotatable bonds is 2. The number of nitrogen functional groups attached to an aromatic ring is 1. The molecule has 0 saturated carbocycles. The van der Waals surface area contributed by atoms with Crippen LogP contribution in [0, 0.1) is 0 Å². The Morgan fingerprint density at radius 2 is 2.37 bits per heavy atom. The van der Waals surface area contributed by atoms with Gasteiger partial charge in [0, 0.05) is 28.2 Å². The maximum absolute atomic E-state index is 6.25. The Morgan fingerprint density at radius 3 is 3.16 bits per heavy atom. The maximum Gasteiger partial charge on any atom is 0.0791 e. The summed E-state index contributed by atoms with van der Waals surface area (Å²) < 4.78 is 6.06. The van der Waals surface area contributed by atoms with E-state index in [1.54, 1.807) is 0 Å². The van der Waals surface area contributed by atoms with E-state index in [0.29, 0.717) is 5.25 Å². The smallest absolute Gasteiger partial charge is 0.0791 e. The molecule has 0 aliphatic carbocycles. The highest BCUT2D eigenvalue weighted by atomic mass is 35.5. The van der Waals surface area contributed by atoms with Crippen LogP contribution in [0.5, 0.6) is 0 Å². The van der Waals surface area contributed by atoms with E-state index in [1.165, 1.54) is 12.2 Å². The van der Waals surface area contributed by atoms with Gasteiger partial charge >= 0.3 is 0 Å². The minimum Gasteiger partial charge on any atom is -0.399 e. The Kier molecular flexibility index (Phi) is 4.22. The van der Waals surface area contributed by atoms with Gasteiger partial charge in [-0.15, -0.1) is 11.8 Å². The van der Waals surface area contributed by atoms with E-state index in [4.69, 9.17) is 22.1 Å². The highest BCUT2D eigenvalue weighted by Gasteiger charge is 2.40. The third kappa shape index (κ3) is 3.18. The normalized spacial score (nSPS) is 30.9. The van der Waals surface area contributed by atoms with Crippen molar-refractivity contribution in [2.24, 2.45) is 0 Å². The Labute approximate surface area is 127 Å². The van der Waals surface area contributed by atoms with Crippen LogP contribution in [-0.4, -0.2) is 29.0 Å². The van der Waals surface area contributed by atoms with Crippen molar-refractivity contribution >= 4 is 40.8 Å². The Hall–Kier alpha value is -0.0300. The summed E-state index contributed by atoms with van der Waals surface area (Å²) in [5.74, 6) is 2.38. The van der Waals surface area contributed by atoms with Gasteiger partial charge in [0.25, 0.3) is 0 Å². The first-order valence-corrected chi connectivity index (χ1v) is 9.02. The Bertz CT molecular complexity index is 463. The maximum atomic E-state index is 6.25. The molecule has 0 bridgehead atoms. The zero-order valence-electron chi connectivity index (χ0n) is 10.7. The molecule has 0 aromatic heterocycles. The van der Waals surface area contributed by atoms with E-state index >= 15 is 0 Å². The molecule has 2 N–H and O–H groups in total. The van der Waals surface area contributed by atoms with Crippen molar-refractivity contribution in [1.29, 1.82) is 0 Å². The summed E-state index contributed by atoms with van der Waals surface area (Å²) in [6.07, 6.45) is 3.43. The van der Waals surface area contributed by atoms with Gasteiger partial charge in [0.2, 0.25) is 0 Å². The average Bonchev–Trinajstić information content (AvgIpc) is 2.82. The second-order valence-corrected chi connectivity index (χ2v) is 8.11. The SMILES string of the molecule is Nc1ccc(Cl)c(SC2CCOC3(CCSC3)C2)c1. The molecular weight excluding hydrogens is 298 g/mol. The second kappa shape index (κ2) is 5.76. The quantitative estimate of drug-likeness (QED) is 0.834. The molecular formula is C14H18ClNOS2. The fourth-order valence-electron chi connectivity index (χ4n) is 2.74. The highest BCUT2D eigenvalue weighted by Crippen LogP contribution is 2.44. The van der Waals surface area contributed by atoms with Crippen LogP contribution in [0.25, 0.3) is 0 Å². The minimum absolute atomic E-state index is 0.132. The van der Waals surface area contributed by atoms with E-state index in [1.807, 2.05) is 41.7 Å². The Morgan fingerprint density at radius 1 is 1.47 bits per heavy atom. The van der Waals surface area contributed by atoms with E-state index < -0.39 is 0 Å². The van der Waals surface area contributed by atoms with Crippen LogP contribution in [0.2, 0.25) is 5.02 Å². The molecule has 1 aromatic carbocycles. The van der Waals surface area contributed by atoms with Crippen LogP contribution >= 0.6 is 35.1 Å². The van der Waals surface area contributed by atoms with Crippen LogP contribution in [0.1, 0.15) is 19.3 Å². The molecule has 2 nitrogen and oxygen atoms in total. The fraction of sp³-hybridized carbons (Fsp3) is 0.571. The number of benzene rings is 1. The lowest BCUT2D eigenvalue weighted by molar-refractivity contribution is -0.0562. The lowest BCUT2D eigenvalue weighted by Crippen LogP contribution is -2.40. The molecule has 0 radical (unpaired) electrons. The molecule has 2 heterocycles. The van der Waals surface area contributed by atoms with Crippen molar-refractivity contribution in [2.75, 3.05) is 23.8 Å². The summed E-state index contributed by atoms with van der Waals surface area (Å²) in [5.41, 5.74) is 6.76. The first kappa shape index (κ1) is 13.9. The average molecular weight is 316 g/mol. The molecule has 2 aliphatic heterocycles. The first-order chi connectivity index (χ1) is 9.17. The van der Waals surface area contributed by atoms with E-state index in [2.05, 4.69) is 0 Å². The molecule has 104 valence electrons. The van der Waals surface area contributed by atoms with Gasteiger partial charge in [-0.25, -0.2) is 0 Å². The minimum atomic E-state index is 0.132. The zero-order valence-corrected chi connectivity index (χ0v) is 13.1. The van der Waals surface area contributed by atoms with E-state index in [0.717, 1.165) is 40.8 Å². The van der Waals surface area contributed by atoms with Gasteiger partial charge in [-0.05, 0) is 43.2 Å². The van der Waals surface area contributed by atoms with Crippen molar-refractivity contribution in [2.45, 2.75) is 35.0 Å².